The van der Waals surface area contributed by atoms with Gasteiger partial charge in [-0.3, -0.25) is 0 Å². The van der Waals surface area contributed by atoms with Gasteiger partial charge in [-0.25, -0.2) is 0 Å². The molecule has 1 aliphatic carbocycles. The van der Waals surface area contributed by atoms with E-state index in [2.05, 4.69) is 27.2 Å². The molecule has 1 fully saturated rings. The van der Waals surface area contributed by atoms with Crippen LogP contribution in [-0.4, -0.2) is 35.6 Å². The number of hydrogen-bond acceptors (Lipinski definition) is 5. The van der Waals surface area contributed by atoms with Crippen molar-refractivity contribution in [3.8, 4) is 0 Å². The third-order valence-electron chi connectivity index (χ3n) is 3.48. The van der Waals surface area contributed by atoms with E-state index in [1.165, 1.54) is 25.7 Å². The Kier molecular flexibility index (Phi) is 3.90. The molecule has 0 unspecified atom stereocenters. The lowest BCUT2D eigenvalue weighted by Gasteiger charge is -2.23. The molecular formula is C12H20ClN5. The third-order valence-corrected chi connectivity index (χ3v) is 3.65. The molecule has 1 aromatic heterocycles. The molecule has 100 valence electrons. The van der Waals surface area contributed by atoms with E-state index in [4.69, 9.17) is 11.6 Å². The summed E-state index contributed by atoms with van der Waals surface area (Å²) in [7, 11) is 3.77. The average Bonchev–Trinajstić information content (AvgIpc) is 2.73. The van der Waals surface area contributed by atoms with Gasteiger partial charge in [-0.05, 0) is 29.9 Å². The van der Waals surface area contributed by atoms with Gasteiger partial charge in [0.25, 0.3) is 0 Å². The van der Waals surface area contributed by atoms with Gasteiger partial charge in [0.05, 0.1) is 0 Å². The number of nitrogens with one attached hydrogen (secondary N) is 1. The van der Waals surface area contributed by atoms with Gasteiger partial charge in [0, 0.05) is 20.6 Å². The predicted octanol–water partition coefficient (Wildman–Crippen LogP) is 2.58. The Hall–Kier alpha value is -1.10. The van der Waals surface area contributed by atoms with Crippen molar-refractivity contribution >= 4 is 23.5 Å². The van der Waals surface area contributed by atoms with Crippen LogP contribution in [0.5, 0.6) is 0 Å². The molecule has 0 atom stereocenters. The Morgan fingerprint density at radius 1 is 1.22 bits per heavy atom. The minimum Gasteiger partial charge on any atom is -0.353 e. The van der Waals surface area contributed by atoms with Crippen LogP contribution in [0.4, 0.5) is 11.9 Å². The summed E-state index contributed by atoms with van der Waals surface area (Å²) in [5.41, 5.74) is 0.359. The maximum atomic E-state index is 5.90. The maximum absolute atomic E-state index is 5.90. The summed E-state index contributed by atoms with van der Waals surface area (Å²) >= 11 is 5.90. The monoisotopic (exact) mass is 269 g/mol. The molecule has 1 N–H and O–H groups in total. The number of hydrogen-bond donors (Lipinski definition) is 1. The molecule has 0 spiro atoms. The smallest absolute Gasteiger partial charge is 0.230 e. The van der Waals surface area contributed by atoms with Gasteiger partial charge in [0.15, 0.2) is 0 Å². The van der Waals surface area contributed by atoms with Crippen molar-refractivity contribution in [1.29, 1.82) is 0 Å². The minimum absolute atomic E-state index is 0.229. The lowest BCUT2D eigenvalue weighted by molar-refractivity contribution is 0.361. The van der Waals surface area contributed by atoms with E-state index in [1.54, 1.807) is 0 Å². The second-order valence-corrected chi connectivity index (χ2v) is 5.83. The molecule has 1 saturated carbocycles. The second kappa shape index (κ2) is 5.26. The number of rotatable bonds is 4. The Morgan fingerprint density at radius 2 is 1.89 bits per heavy atom. The number of aromatic nitrogens is 3. The molecule has 0 aliphatic heterocycles. The van der Waals surface area contributed by atoms with Crippen LogP contribution in [0.1, 0.15) is 32.6 Å². The molecule has 5 nitrogen and oxygen atoms in total. The van der Waals surface area contributed by atoms with Gasteiger partial charge in [-0.1, -0.05) is 19.8 Å². The highest BCUT2D eigenvalue weighted by Gasteiger charge is 2.28. The van der Waals surface area contributed by atoms with Crippen molar-refractivity contribution in [1.82, 2.24) is 15.0 Å². The van der Waals surface area contributed by atoms with Crippen molar-refractivity contribution in [2.45, 2.75) is 32.6 Å². The molecule has 0 saturated heterocycles. The van der Waals surface area contributed by atoms with Gasteiger partial charge in [-0.2, -0.15) is 15.0 Å². The van der Waals surface area contributed by atoms with Crippen LogP contribution in [-0.2, 0) is 0 Å². The van der Waals surface area contributed by atoms with Crippen molar-refractivity contribution < 1.29 is 0 Å². The first kappa shape index (κ1) is 13.3. The van der Waals surface area contributed by atoms with Crippen LogP contribution in [0.15, 0.2) is 0 Å². The first-order chi connectivity index (χ1) is 8.48. The standard InChI is InChI=1S/C12H20ClN5/c1-12(6-4-5-7-12)8-14-10-15-9(13)16-11(17-10)18(2)3/h4-8H2,1-3H3,(H,14,15,16,17). The van der Waals surface area contributed by atoms with Crippen molar-refractivity contribution in [3.05, 3.63) is 5.28 Å². The average molecular weight is 270 g/mol. The quantitative estimate of drug-likeness (QED) is 0.911. The summed E-state index contributed by atoms with van der Waals surface area (Å²) in [5, 5.41) is 3.52. The highest BCUT2D eigenvalue weighted by molar-refractivity contribution is 6.28. The topological polar surface area (TPSA) is 53.9 Å². The molecule has 0 radical (unpaired) electrons. The highest BCUT2D eigenvalue weighted by atomic mass is 35.5. The fraction of sp³-hybridized carbons (Fsp3) is 0.750. The van der Waals surface area contributed by atoms with E-state index in [0.717, 1.165) is 6.54 Å². The highest BCUT2D eigenvalue weighted by Crippen LogP contribution is 2.37. The lowest BCUT2D eigenvalue weighted by atomic mass is 9.89. The van der Waals surface area contributed by atoms with Crippen LogP contribution in [0, 0.1) is 5.41 Å². The summed E-state index contributed by atoms with van der Waals surface area (Å²) in [6.07, 6.45) is 5.16. The Bertz CT molecular complexity index is 415. The molecule has 6 heteroatoms. The van der Waals surface area contributed by atoms with Crippen LogP contribution >= 0.6 is 11.6 Å². The van der Waals surface area contributed by atoms with Gasteiger partial charge < -0.3 is 10.2 Å². The first-order valence-corrected chi connectivity index (χ1v) is 6.69. The summed E-state index contributed by atoms with van der Waals surface area (Å²) < 4.78 is 0. The largest absolute Gasteiger partial charge is 0.353 e. The van der Waals surface area contributed by atoms with Gasteiger partial charge in [-0.15, -0.1) is 0 Å². The fourth-order valence-corrected chi connectivity index (χ4v) is 2.47. The normalized spacial score (nSPS) is 17.8. The zero-order chi connectivity index (χ0) is 13.2. The van der Waals surface area contributed by atoms with Crippen molar-refractivity contribution in [3.63, 3.8) is 0 Å². The van der Waals surface area contributed by atoms with Gasteiger partial charge in [0.1, 0.15) is 0 Å². The second-order valence-electron chi connectivity index (χ2n) is 5.49. The number of nitrogens with zero attached hydrogens (tertiary/aromatic N) is 4. The molecule has 0 aromatic carbocycles. The zero-order valence-electron chi connectivity index (χ0n) is 11.2. The van der Waals surface area contributed by atoms with Crippen molar-refractivity contribution in [2.75, 3.05) is 30.9 Å². The van der Waals surface area contributed by atoms with E-state index in [9.17, 15) is 0 Å². The van der Waals surface area contributed by atoms with Crippen LogP contribution in [0.25, 0.3) is 0 Å². The minimum atomic E-state index is 0.229. The van der Waals surface area contributed by atoms with E-state index in [1.807, 2.05) is 19.0 Å². The Morgan fingerprint density at radius 3 is 2.50 bits per heavy atom. The molecule has 1 aliphatic rings. The first-order valence-electron chi connectivity index (χ1n) is 6.31. The predicted molar refractivity (Wildman–Crippen MR) is 74.2 cm³/mol. The molecular weight excluding hydrogens is 250 g/mol. The SMILES string of the molecule is CN(C)c1nc(Cl)nc(NCC2(C)CCCC2)n1. The Balaban J connectivity index is 2.04. The lowest BCUT2D eigenvalue weighted by Crippen LogP contribution is -2.24. The molecule has 0 amide bonds. The number of halogens is 1. The van der Waals surface area contributed by atoms with E-state index >= 15 is 0 Å². The number of anilines is 2. The van der Waals surface area contributed by atoms with E-state index in [0.29, 0.717) is 17.3 Å². The molecule has 2 rings (SSSR count). The molecule has 1 heterocycles. The molecule has 18 heavy (non-hydrogen) atoms. The van der Waals surface area contributed by atoms with Crippen molar-refractivity contribution in [2.24, 2.45) is 5.41 Å². The summed E-state index contributed by atoms with van der Waals surface area (Å²) in [5.74, 6) is 1.14. The molecule has 1 aromatic rings. The fourth-order valence-electron chi connectivity index (χ4n) is 2.32. The van der Waals surface area contributed by atoms with Crippen LogP contribution < -0.4 is 10.2 Å². The van der Waals surface area contributed by atoms with Gasteiger partial charge in [0.2, 0.25) is 17.2 Å². The summed E-state index contributed by atoms with van der Waals surface area (Å²) in [4.78, 5) is 14.3. The maximum Gasteiger partial charge on any atom is 0.230 e. The van der Waals surface area contributed by atoms with Crippen LogP contribution in [0.3, 0.4) is 0 Å². The summed E-state index contributed by atoms with van der Waals surface area (Å²) in [6, 6.07) is 0. The van der Waals surface area contributed by atoms with Gasteiger partial charge >= 0.3 is 0 Å². The Labute approximate surface area is 113 Å². The zero-order valence-corrected chi connectivity index (χ0v) is 12.0. The molecule has 0 bridgehead atoms. The third kappa shape index (κ3) is 3.22. The van der Waals surface area contributed by atoms with E-state index in [-0.39, 0.29) is 5.28 Å². The van der Waals surface area contributed by atoms with Crippen LogP contribution in [0.2, 0.25) is 5.28 Å². The summed E-state index contributed by atoms with van der Waals surface area (Å²) in [6.45, 7) is 3.20. The van der Waals surface area contributed by atoms with E-state index < -0.39 is 0 Å².